The fraction of sp³-hybridized carbons (Fsp3) is 0.440. The fourth-order valence-corrected chi connectivity index (χ4v) is 4.97. The van der Waals surface area contributed by atoms with Crippen molar-refractivity contribution >= 4 is 17.4 Å². The van der Waals surface area contributed by atoms with Crippen molar-refractivity contribution in [1.29, 1.82) is 5.26 Å². The minimum Gasteiger partial charge on any atom is -0.456 e. The minimum atomic E-state index is 0.0160. The van der Waals surface area contributed by atoms with Gasteiger partial charge in [0, 0.05) is 23.1 Å². The van der Waals surface area contributed by atoms with Gasteiger partial charge in [0.2, 0.25) is 0 Å². The van der Waals surface area contributed by atoms with Gasteiger partial charge in [-0.1, -0.05) is 23.7 Å². The van der Waals surface area contributed by atoms with Crippen LogP contribution < -0.4 is 10.1 Å². The lowest BCUT2D eigenvalue weighted by atomic mass is 9.74. The van der Waals surface area contributed by atoms with Crippen molar-refractivity contribution in [3.63, 3.8) is 0 Å². The monoisotopic (exact) mass is 424 g/mol. The molecule has 2 aromatic carbocycles. The minimum absolute atomic E-state index is 0.0160. The van der Waals surface area contributed by atoms with Gasteiger partial charge in [-0.25, -0.2) is 0 Å². The van der Waals surface area contributed by atoms with Crippen LogP contribution >= 0.6 is 11.6 Å². The summed E-state index contributed by atoms with van der Waals surface area (Å²) in [7, 11) is 0. The molecular formula is C25H29ClN2O2. The van der Waals surface area contributed by atoms with E-state index in [2.05, 4.69) is 39.1 Å². The van der Waals surface area contributed by atoms with Crippen LogP contribution in [0.15, 0.2) is 42.5 Å². The summed E-state index contributed by atoms with van der Waals surface area (Å²) in [6.45, 7) is 8.78. The quantitative estimate of drug-likeness (QED) is 0.550. The second kappa shape index (κ2) is 8.79. The summed E-state index contributed by atoms with van der Waals surface area (Å²) in [5.41, 5.74) is 1.52. The lowest BCUT2D eigenvalue weighted by molar-refractivity contribution is 0.0864. The van der Waals surface area contributed by atoms with Crippen molar-refractivity contribution < 1.29 is 9.53 Å². The Morgan fingerprint density at radius 2 is 1.87 bits per heavy atom. The maximum Gasteiger partial charge on any atom is 0.163 e. The van der Waals surface area contributed by atoms with Crippen LogP contribution in [0.2, 0.25) is 5.02 Å². The number of piperidine rings is 1. The Morgan fingerprint density at radius 1 is 1.17 bits per heavy atom. The van der Waals surface area contributed by atoms with Crippen molar-refractivity contribution in [2.45, 2.75) is 64.5 Å². The molecule has 1 aliphatic rings. The molecule has 0 amide bonds. The Labute approximate surface area is 184 Å². The van der Waals surface area contributed by atoms with Gasteiger partial charge >= 0.3 is 0 Å². The Kier molecular flexibility index (Phi) is 6.55. The summed E-state index contributed by atoms with van der Waals surface area (Å²) in [6, 6.07) is 14.7. The van der Waals surface area contributed by atoms with Gasteiger partial charge in [-0.2, -0.15) is 5.26 Å². The normalized spacial score (nSPS) is 17.9. The van der Waals surface area contributed by atoms with Crippen LogP contribution in [-0.4, -0.2) is 16.9 Å². The van der Waals surface area contributed by atoms with Crippen LogP contribution in [0.3, 0.4) is 0 Å². The van der Waals surface area contributed by atoms with E-state index >= 15 is 0 Å². The number of ether oxygens (including phenoxy) is 1. The van der Waals surface area contributed by atoms with Gasteiger partial charge in [-0.05, 0) is 82.3 Å². The van der Waals surface area contributed by atoms with Crippen LogP contribution in [0.25, 0.3) is 0 Å². The number of nitrogens with one attached hydrogen (secondary N) is 1. The molecule has 0 bridgehead atoms. The van der Waals surface area contributed by atoms with E-state index in [1.807, 2.05) is 24.3 Å². The molecule has 1 saturated heterocycles. The van der Waals surface area contributed by atoms with Crippen LogP contribution in [0, 0.1) is 17.2 Å². The second-order valence-corrected chi connectivity index (χ2v) is 9.93. The van der Waals surface area contributed by atoms with Crippen molar-refractivity contribution in [2.24, 2.45) is 5.92 Å². The number of benzene rings is 2. The third-order valence-corrected chi connectivity index (χ3v) is 5.71. The predicted molar refractivity (Wildman–Crippen MR) is 120 cm³/mol. The molecule has 1 heterocycles. The summed E-state index contributed by atoms with van der Waals surface area (Å²) >= 11 is 6.42. The van der Waals surface area contributed by atoms with E-state index in [0.29, 0.717) is 40.8 Å². The zero-order valence-corrected chi connectivity index (χ0v) is 18.8. The van der Waals surface area contributed by atoms with Gasteiger partial charge < -0.3 is 10.1 Å². The first-order chi connectivity index (χ1) is 14.1. The van der Waals surface area contributed by atoms with Crippen molar-refractivity contribution in [3.8, 4) is 17.6 Å². The number of rotatable bonds is 6. The van der Waals surface area contributed by atoms with Crippen molar-refractivity contribution in [3.05, 3.63) is 58.6 Å². The Morgan fingerprint density at radius 3 is 2.50 bits per heavy atom. The van der Waals surface area contributed by atoms with Gasteiger partial charge in [-0.15, -0.1) is 0 Å². The molecule has 5 heteroatoms. The molecule has 0 aliphatic carbocycles. The number of carbonyl (C=O) groups excluding carboxylic acids is 1. The number of Topliss-reactive ketones (excluding diaryl/α,β-unsaturated/α-hetero) is 1. The highest BCUT2D eigenvalue weighted by Gasteiger charge is 2.38. The third kappa shape index (κ3) is 5.84. The Balaban J connectivity index is 1.69. The second-order valence-electron chi connectivity index (χ2n) is 9.52. The molecule has 0 spiro atoms. The van der Waals surface area contributed by atoms with E-state index in [9.17, 15) is 4.79 Å². The average molecular weight is 425 g/mol. The number of nitriles is 1. The largest absolute Gasteiger partial charge is 0.456 e. The number of hydrogen-bond acceptors (Lipinski definition) is 4. The van der Waals surface area contributed by atoms with Crippen LogP contribution in [0.5, 0.6) is 11.5 Å². The highest BCUT2D eigenvalue weighted by Crippen LogP contribution is 2.36. The van der Waals surface area contributed by atoms with E-state index in [1.165, 1.54) is 0 Å². The van der Waals surface area contributed by atoms with Crippen molar-refractivity contribution in [2.75, 3.05) is 0 Å². The summed E-state index contributed by atoms with van der Waals surface area (Å²) < 4.78 is 5.87. The van der Waals surface area contributed by atoms with Crippen molar-refractivity contribution in [1.82, 2.24) is 5.32 Å². The van der Waals surface area contributed by atoms with Gasteiger partial charge in [0.25, 0.3) is 0 Å². The van der Waals surface area contributed by atoms with Crippen LogP contribution in [-0.2, 0) is 6.42 Å². The Hall–Kier alpha value is -2.35. The maximum absolute atomic E-state index is 12.9. The standard InChI is InChI=1S/C25H29ClN2O2/c1-24(2)15-18(16-25(3,4)28-24)13-22(29)19-8-9-23(21(26)14-19)30-20-7-5-6-17(12-20)10-11-27/h5-9,12,14,18,28H,10,13,15-16H2,1-4H3. The summed E-state index contributed by atoms with van der Waals surface area (Å²) in [6.07, 6.45) is 2.77. The molecular weight excluding hydrogens is 396 g/mol. The SMILES string of the molecule is CC1(C)CC(CC(=O)c2ccc(Oc3cccc(CC#N)c3)c(Cl)c2)CC(C)(C)N1. The van der Waals surface area contributed by atoms with Gasteiger partial charge in [-0.3, -0.25) is 4.79 Å². The predicted octanol–water partition coefficient (Wildman–Crippen LogP) is 6.33. The molecule has 158 valence electrons. The molecule has 0 unspecified atom stereocenters. The molecule has 30 heavy (non-hydrogen) atoms. The summed E-state index contributed by atoms with van der Waals surface area (Å²) in [5, 5.41) is 12.9. The van der Waals surface area contributed by atoms with E-state index in [4.69, 9.17) is 21.6 Å². The zero-order valence-electron chi connectivity index (χ0n) is 18.1. The molecule has 0 saturated carbocycles. The molecule has 1 N–H and O–H groups in total. The maximum atomic E-state index is 12.9. The first-order valence-corrected chi connectivity index (χ1v) is 10.7. The van der Waals surface area contributed by atoms with Crippen LogP contribution in [0.1, 0.15) is 62.9 Å². The van der Waals surface area contributed by atoms with E-state index in [-0.39, 0.29) is 16.9 Å². The molecule has 0 atom stereocenters. The molecule has 2 aromatic rings. The number of carbonyl (C=O) groups is 1. The third-order valence-electron chi connectivity index (χ3n) is 5.41. The number of hydrogen-bond donors (Lipinski definition) is 1. The topological polar surface area (TPSA) is 62.1 Å². The molecule has 0 aromatic heterocycles. The van der Waals surface area contributed by atoms with Gasteiger partial charge in [0.15, 0.2) is 5.78 Å². The molecule has 0 radical (unpaired) electrons. The van der Waals surface area contributed by atoms with E-state index in [0.717, 1.165) is 18.4 Å². The molecule has 4 nitrogen and oxygen atoms in total. The first kappa shape index (κ1) is 22.3. The number of nitrogens with zero attached hydrogens (tertiary/aromatic N) is 1. The molecule has 3 rings (SSSR count). The van der Waals surface area contributed by atoms with E-state index in [1.54, 1.807) is 18.2 Å². The number of halogens is 1. The highest BCUT2D eigenvalue weighted by molar-refractivity contribution is 6.32. The van der Waals surface area contributed by atoms with Crippen LogP contribution in [0.4, 0.5) is 0 Å². The summed E-state index contributed by atoms with van der Waals surface area (Å²) in [4.78, 5) is 12.9. The Bertz CT molecular complexity index is 959. The summed E-state index contributed by atoms with van der Waals surface area (Å²) in [5.74, 6) is 1.55. The molecule has 1 fully saturated rings. The van der Waals surface area contributed by atoms with Gasteiger partial charge in [0.05, 0.1) is 17.5 Å². The number of ketones is 1. The van der Waals surface area contributed by atoms with E-state index < -0.39 is 0 Å². The average Bonchev–Trinajstić information content (AvgIpc) is 2.61. The molecule has 1 aliphatic heterocycles. The first-order valence-electron chi connectivity index (χ1n) is 10.3. The fourth-order valence-electron chi connectivity index (χ4n) is 4.75. The lowest BCUT2D eigenvalue weighted by Crippen LogP contribution is -2.57. The highest BCUT2D eigenvalue weighted by atomic mass is 35.5. The zero-order chi connectivity index (χ0) is 21.9. The van der Waals surface area contributed by atoms with Gasteiger partial charge in [0.1, 0.15) is 11.5 Å². The lowest BCUT2D eigenvalue weighted by Gasteiger charge is -2.46. The smallest absolute Gasteiger partial charge is 0.163 e.